The average molecular weight is 324 g/mol. The molecule has 122 valence electrons. The lowest BCUT2D eigenvalue weighted by Gasteiger charge is -2.34. The summed E-state index contributed by atoms with van der Waals surface area (Å²) in [6, 6.07) is 4.20. The monoisotopic (exact) mass is 324 g/mol. The zero-order valence-corrected chi connectivity index (χ0v) is 12.4. The number of anilines is 1. The quantitative estimate of drug-likeness (QED) is 0.850. The van der Waals surface area contributed by atoms with Gasteiger partial charge in [-0.25, -0.2) is 9.97 Å². The van der Waals surface area contributed by atoms with Crippen LogP contribution in [0.1, 0.15) is 12.6 Å². The Hall–Kier alpha value is -2.22. The van der Waals surface area contributed by atoms with E-state index in [1.165, 1.54) is 6.20 Å². The predicted molar refractivity (Wildman–Crippen MR) is 77.9 cm³/mol. The maximum Gasteiger partial charge on any atom is 0.433 e. The first kappa shape index (κ1) is 15.7. The zero-order valence-electron chi connectivity index (χ0n) is 12.4. The second-order valence-electron chi connectivity index (χ2n) is 5.29. The number of rotatable bonds is 2. The maximum absolute atomic E-state index is 13.2. The van der Waals surface area contributed by atoms with Crippen LogP contribution in [0.15, 0.2) is 30.6 Å². The number of pyridine rings is 1. The van der Waals surface area contributed by atoms with Crippen LogP contribution in [0.5, 0.6) is 0 Å². The Morgan fingerprint density at radius 2 is 2.13 bits per heavy atom. The minimum atomic E-state index is -4.54. The van der Waals surface area contributed by atoms with E-state index in [0.29, 0.717) is 25.3 Å². The summed E-state index contributed by atoms with van der Waals surface area (Å²) in [4.78, 5) is 13.7. The largest absolute Gasteiger partial charge is 0.433 e. The van der Waals surface area contributed by atoms with E-state index in [2.05, 4.69) is 15.0 Å². The molecule has 0 unspecified atom stereocenters. The molecule has 0 saturated carbocycles. The summed E-state index contributed by atoms with van der Waals surface area (Å²) < 4.78 is 44.9. The first-order valence-corrected chi connectivity index (χ1v) is 7.16. The number of nitrogens with zero attached hydrogens (tertiary/aromatic N) is 4. The molecule has 3 rings (SSSR count). The number of aromatic nitrogens is 3. The van der Waals surface area contributed by atoms with Crippen LogP contribution in [-0.2, 0) is 10.9 Å². The molecule has 3 heterocycles. The molecule has 1 fully saturated rings. The van der Waals surface area contributed by atoms with Gasteiger partial charge in [-0.1, -0.05) is 0 Å². The van der Waals surface area contributed by atoms with E-state index in [4.69, 9.17) is 4.74 Å². The van der Waals surface area contributed by atoms with Crippen molar-refractivity contribution in [3.05, 3.63) is 36.3 Å². The number of alkyl halides is 3. The molecule has 0 bridgehead atoms. The molecule has 1 aliphatic rings. The fourth-order valence-electron chi connectivity index (χ4n) is 2.42. The first-order chi connectivity index (χ1) is 10.9. The second kappa shape index (κ2) is 6.11. The Kier molecular flexibility index (Phi) is 4.16. The van der Waals surface area contributed by atoms with E-state index in [1.807, 2.05) is 6.92 Å². The Morgan fingerprint density at radius 1 is 1.30 bits per heavy atom. The fraction of sp³-hybridized carbons (Fsp3) is 0.400. The fourth-order valence-corrected chi connectivity index (χ4v) is 2.42. The average Bonchev–Trinajstić information content (AvgIpc) is 2.55. The maximum atomic E-state index is 13.2. The van der Waals surface area contributed by atoms with Crippen molar-refractivity contribution in [3.8, 4) is 11.4 Å². The Morgan fingerprint density at radius 3 is 2.78 bits per heavy atom. The summed E-state index contributed by atoms with van der Waals surface area (Å²) in [7, 11) is 0. The minimum Gasteiger partial charge on any atom is -0.377 e. The third kappa shape index (κ3) is 3.42. The molecule has 2 aromatic heterocycles. The number of halogens is 3. The van der Waals surface area contributed by atoms with Crippen molar-refractivity contribution < 1.29 is 17.9 Å². The number of hydrogen-bond acceptors (Lipinski definition) is 5. The molecule has 0 amide bonds. The topological polar surface area (TPSA) is 51.1 Å². The van der Waals surface area contributed by atoms with E-state index < -0.39 is 11.9 Å². The van der Waals surface area contributed by atoms with Crippen LogP contribution >= 0.6 is 0 Å². The minimum absolute atomic E-state index is 0.0154. The van der Waals surface area contributed by atoms with Crippen molar-refractivity contribution in [2.45, 2.75) is 19.1 Å². The molecule has 5 nitrogen and oxygen atoms in total. The van der Waals surface area contributed by atoms with Gasteiger partial charge in [-0.05, 0) is 19.1 Å². The summed E-state index contributed by atoms with van der Waals surface area (Å²) >= 11 is 0. The Bertz CT molecular complexity index is 678. The first-order valence-electron chi connectivity index (χ1n) is 7.16. The van der Waals surface area contributed by atoms with E-state index in [0.717, 1.165) is 6.07 Å². The lowest BCUT2D eigenvalue weighted by molar-refractivity contribution is -0.141. The highest BCUT2D eigenvalue weighted by molar-refractivity contribution is 5.57. The molecule has 0 aliphatic carbocycles. The van der Waals surface area contributed by atoms with E-state index >= 15 is 0 Å². The molecular weight excluding hydrogens is 309 g/mol. The van der Waals surface area contributed by atoms with Gasteiger partial charge in [0.1, 0.15) is 5.82 Å². The number of morpholine rings is 1. The molecule has 2 aromatic rings. The van der Waals surface area contributed by atoms with E-state index in [9.17, 15) is 13.2 Å². The van der Waals surface area contributed by atoms with Gasteiger partial charge in [0.15, 0.2) is 11.5 Å². The molecule has 1 aliphatic heterocycles. The predicted octanol–water partition coefficient (Wildman–Crippen LogP) is 2.78. The SMILES string of the molecule is C[C@H]1COCCN1c1cc(C(F)(F)F)nc(-c2cccnc2)n1. The van der Waals surface area contributed by atoms with Crippen LogP contribution < -0.4 is 4.90 Å². The summed E-state index contributed by atoms with van der Waals surface area (Å²) in [5.74, 6) is 0.267. The van der Waals surface area contributed by atoms with Crippen LogP contribution in [0.25, 0.3) is 11.4 Å². The van der Waals surface area contributed by atoms with Crippen LogP contribution in [0, 0.1) is 0 Å². The second-order valence-corrected chi connectivity index (χ2v) is 5.29. The highest BCUT2D eigenvalue weighted by atomic mass is 19.4. The zero-order chi connectivity index (χ0) is 16.4. The van der Waals surface area contributed by atoms with Crippen molar-refractivity contribution in [2.24, 2.45) is 0 Å². The molecule has 0 spiro atoms. The summed E-state index contributed by atoms with van der Waals surface area (Å²) in [5, 5.41) is 0. The van der Waals surface area contributed by atoms with Crippen LogP contribution in [0.3, 0.4) is 0 Å². The van der Waals surface area contributed by atoms with Crippen molar-refractivity contribution in [1.29, 1.82) is 0 Å². The van der Waals surface area contributed by atoms with Gasteiger partial charge in [0.05, 0.1) is 19.3 Å². The highest BCUT2D eigenvalue weighted by Gasteiger charge is 2.35. The summed E-state index contributed by atoms with van der Waals surface area (Å²) in [6.45, 7) is 3.28. The van der Waals surface area contributed by atoms with Crippen molar-refractivity contribution in [1.82, 2.24) is 15.0 Å². The number of ether oxygens (including phenoxy) is 1. The molecule has 1 saturated heterocycles. The van der Waals surface area contributed by atoms with Crippen LogP contribution in [-0.4, -0.2) is 40.8 Å². The van der Waals surface area contributed by atoms with Crippen LogP contribution in [0.2, 0.25) is 0 Å². The molecular formula is C15H15F3N4O. The van der Waals surface area contributed by atoms with Crippen molar-refractivity contribution >= 4 is 5.82 Å². The third-order valence-corrected chi connectivity index (χ3v) is 3.58. The Balaban J connectivity index is 2.08. The third-order valence-electron chi connectivity index (χ3n) is 3.58. The highest BCUT2D eigenvalue weighted by Crippen LogP contribution is 2.32. The van der Waals surface area contributed by atoms with Gasteiger partial charge in [-0.15, -0.1) is 0 Å². The van der Waals surface area contributed by atoms with Gasteiger partial charge in [0.25, 0.3) is 0 Å². The van der Waals surface area contributed by atoms with Crippen molar-refractivity contribution in [2.75, 3.05) is 24.7 Å². The smallest absolute Gasteiger partial charge is 0.377 e. The molecule has 8 heteroatoms. The van der Waals surface area contributed by atoms with Crippen molar-refractivity contribution in [3.63, 3.8) is 0 Å². The summed E-state index contributed by atoms with van der Waals surface area (Å²) in [5.41, 5.74) is -0.513. The molecule has 23 heavy (non-hydrogen) atoms. The van der Waals surface area contributed by atoms with Gasteiger partial charge in [-0.3, -0.25) is 4.98 Å². The molecule has 0 aromatic carbocycles. The van der Waals surface area contributed by atoms with E-state index in [1.54, 1.807) is 23.2 Å². The standard InChI is InChI=1S/C15H15F3N4O/c1-10-9-23-6-5-22(10)13-7-12(15(16,17)18)20-14(21-13)11-3-2-4-19-8-11/h2-4,7-8,10H,5-6,9H2,1H3/t10-/m0/s1. The van der Waals surface area contributed by atoms with Gasteiger partial charge in [0.2, 0.25) is 0 Å². The lowest BCUT2D eigenvalue weighted by Crippen LogP contribution is -2.44. The van der Waals surface area contributed by atoms with Gasteiger partial charge < -0.3 is 9.64 Å². The number of hydrogen-bond donors (Lipinski definition) is 0. The Labute approximate surface area is 131 Å². The van der Waals surface area contributed by atoms with Gasteiger partial charge in [-0.2, -0.15) is 13.2 Å². The normalized spacial score (nSPS) is 19.0. The molecule has 0 N–H and O–H groups in total. The summed E-state index contributed by atoms with van der Waals surface area (Å²) in [6.07, 6.45) is -1.55. The lowest BCUT2D eigenvalue weighted by atomic mass is 10.2. The van der Waals surface area contributed by atoms with Crippen LogP contribution in [0.4, 0.5) is 19.0 Å². The molecule has 0 radical (unpaired) electrons. The van der Waals surface area contributed by atoms with E-state index in [-0.39, 0.29) is 17.7 Å². The molecule has 1 atom stereocenters. The van der Waals surface area contributed by atoms with Gasteiger partial charge in [0, 0.05) is 30.6 Å². The van der Waals surface area contributed by atoms with Gasteiger partial charge >= 0.3 is 6.18 Å².